The Morgan fingerprint density at radius 3 is 2.39 bits per heavy atom. The van der Waals surface area contributed by atoms with Crippen molar-refractivity contribution < 1.29 is 18.7 Å². The summed E-state index contributed by atoms with van der Waals surface area (Å²) in [5.74, 6) is -3.05. The van der Waals surface area contributed by atoms with E-state index in [0.717, 1.165) is 12.1 Å². The number of aromatic carboxylic acids is 1. The fraction of sp³-hybridized carbons (Fsp3) is 0. The zero-order valence-corrected chi connectivity index (χ0v) is 9.71. The van der Waals surface area contributed by atoms with Crippen LogP contribution in [0.25, 0.3) is 11.1 Å². The van der Waals surface area contributed by atoms with Crippen molar-refractivity contribution in [2.75, 3.05) is 0 Å². The van der Waals surface area contributed by atoms with Crippen LogP contribution in [0.3, 0.4) is 0 Å². The first-order chi connectivity index (χ1) is 8.50. The number of carbonyl (C=O) groups is 1. The molecule has 0 bridgehead atoms. The molecule has 1 N–H and O–H groups in total. The highest BCUT2D eigenvalue weighted by Gasteiger charge is 2.18. The minimum Gasteiger partial charge on any atom is -0.478 e. The third kappa shape index (κ3) is 2.19. The highest BCUT2D eigenvalue weighted by molar-refractivity contribution is 6.30. The molecule has 0 unspecified atom stereocenters. The summed E-state index contributed by atoms with van der Waals surface area (Å²) >= 11 is 5.61. The standard InChI is InChI=1S/C13H7ClF2O2/c14-7-4-5-8(11(16)6-7)9-2-1-3-10(15)12(9)13(17)18/h1-6H,(H,17,18). The molecule has 0 saturated carbocycles. The normalized spacial score (nSPS) is 10.4. The van der Waals surface area contributed by atoms with Gasteiger partial charge in [0.15, 0.2) is 0 Å². The molecular weight excluding hydrogens is 262 g/mol. The lowest BCUT2D eigenvalue weighted by molar-refractivity contribution is 0.0693. The molecule has 0 aliphatic rings. The average molecular weight is 269 g/mol. The van der Waals surface area contributed by atoms with Crippen LogP contribution in [0.1, 0.15) is 10.4 Å². The van der Waals surface area contributed by atoms with Gasteiger partial charge in [0.1, 0.15) is 17.2 Å². The van der Waals surface area contributed by atoms with Gasteiger partial charge in [-0.25, -0.2) is 13.6 Å². The van der Waals surface area contributed by atoms with Crippen molar-refractivity contribution in [2.24, 2.45) is 0 Å². The SMILES string of the molecule is O=C(O)c1c(F)cccc1-c1ccc(Cl)cc1F. The van der Waals surface area contributed by atoms with Gasteiger partial charge in [0.05, 0.1) is 0 Å². The Bertz CT molecular complexity index is 626. The number of rotatable bonds is 2. The predicted octanol–water partition coefficient (Wildman–Crippen LogP) is 3.98. The molecule has 2 rings (SSSR count). The topological polar surface area (TPSA) is 37.3 Å². The lowest BCUT2D eigenvalue weighted by atomic mass is 9.99. The van der Waals surface area contributed by atoms with Crippen molar-refractivity contribution in [3.63, 3.8) is 0 Å². The molecule has 0 aliphatic heterocycles. The summed E-state index contributed by atoms with van der Waals surface area (Å²) in [5.41, 5.74) is -0.577. The van der Waals surface area contributed by atoms with E-state index in [9.17, 15) is 13.6 Å². The van der Waals surface area contributed by atoms with Gasteiger partial charge in [0, 0.05) is 16.1 Å². The van der Waals surface area contributed by atoms with E-state index in [4.69, 9.17) is 16.7 Å². The lowest BCUT2D eigenvalue weighted by Gasteiger charge is -2.08. The molecule has 5 heteroatoms. The summed E-state index contributed by atoms with van der Waals surface area (Å²) in [6.07, 6.45) is 0. The Balaban J connectivity index is 2.71. The first kappa shape index (κ1) is 12.5. The van der Waals surface area contributed by atoms with E-state index in [2.05, 4.69) is 0 Å². The smallest absolute Gasteiger partial charge is 0.339 e. The van der Waals surface area contributed by atoms with E-state index in [1.807, 2.05) is 0 Å². The van der Waals surface area contributed by atoms with Gasteiger partial charge in [-0.1, -0.05) is 23.7 Å². The Hall–Kier alpha value is -1.94. The zero-order valence-electron chi connectivity index (χ0n) is 8.95. The monoisotopic (exact) mass is 268 g/mol. The Morgan fingerprint density at radius 1 is 1.06 bits per heavy atom. The minimum absolute atomic E-state index is 0.00343. The van der Waals surface area contributed by atoms with Gasteiger partial charge in [-0.2, -0.15) is 0 Å². The number of hydrogen-bond acceptors (Lipinski definition) is 1. The van der Waals surface area contributed by atoms with Crippen molar-refractivity contribution in [2.45, 2.75) is 0 Å². The zero-order chi connectivity index (χ0) is 13.3. The number of benzene rings is 2. The second kappa shape index (κ2) is 4.74. The van der Waals surface area contributed by atoms with Crippen LogP contribution in [0.2, 0.25) is 5.02 Å². The second-order valence-corrected chi connectivity index (χ2v) is 4.03. The highest BCUT2D eigenvalue weighted by Crippen LogP contribution is 2.29. The van der Waals surface area contributed by atoms with Crippen LogP contribution in [0.5, 0.6) is 0 Å². The van der Waals surface area contributed by atoms with Gasteiger partial charge < -0.3 is 5.11 Å². The third-order valence-electron chi connectivity index (χ3n) is 2.45. The number of carboxylic acids is 1. The number of carboxylic acid groups (broad SMARTS) is 1. The first-order valence-electron chi connectivity index (χ1n) is 4.98. The van der Waals surface area contributed by atoms with Crippen LogP contribution in [0, 0.1) is 11.6 Å². The maximum absolute atomic E-state index is 13.7. The van der Waals surface area contributed by atoms with Crippen LogP contribution in [0.4, 0.5) is 8.78 Å². The third-order valence-corrected chi connectivity index (χ3v) is 2.68. The molecule has 92 valence electrons. The van der Waals surface area contributed by atoms with Gasteiger partial charge >= 0.3 is 5.97 Å². The predicted molar refractivity (Wildman–Crippen MR) is 63.8 cm³/mol. The Morgan fingerprint density at radius 2 is 1.78 bits per heavy atom. The number of halogens is 3. The summed E-state index contributed by atoms with van der Waals surface area (Å²) in [6, 6.07) is 7.47. The van der Waals surface area contributed by atoms with Gasteiger partial charge in [0.2, 0.25) is 0 Å². The summed E-state index contributed by atoms with van der Waals surface area (Å²) in [4.78, 5) is 11.0. The Kier molecular flexibility index (Phi) is 3.30. The average Bonchev–Trinajstić information content (AvgIpc) is 2.28. The minimum atomic E-state index is -1.45. The van der Waals surface area contributed by atoms with Crippen LogP contribution < -0.4 is 0 Å². The van der Waals surface area contributed by atoms with E-state index in [0.29, 0.717) is 0 Å². The molecule has 0 saturated heterocycles. The van der Waals surface area contributed by atoms with Crippen molar-refractivity contribution >= 4 is 17.6 Å². The van der Waals surface area contributed by atoms with Crippen LogP contribution in [0.15, 0.2) is 36.4 Å². The molecule has 0 fully saturated rings. The molecule has 2 aromatic carbocycles. The molecule has 2 aromatic rings. The molecule has 2 nitrogen and oxygen atoms in total. The summed E-state index contributed by atoms with van der Waals surface area (Å²) in [7, 11) is 0. The molecule has 0 amide bonds. The van der Waals surface area contributed by atoms with Gasteiger partial charge in [0.25, 0.3) is 0 Å². The van der Waals surface area contributed by atoms with Crippen LogP contribution in [-0.2, 0) is 0 Å². The molecule has 0 aliphatic carbocycles. The van der Waals surface area contributed by atoms with Crippen LogP contribution in [-0.4, -0.2) is 11.1 Å². The number of hydrogen-bond donors (Lipinski definition) is 1. The van der Waals surface area contributed by atoms with E-state index in [-0.39, 0.29) is 16.1 Å². The van der Waals surface area contributed by atoms with Crippen molar-refractivity contribution in [3.8, 4) is 11.1 Å². The quantitative estimate of drug-likeness (QED) is 0.894. The molecule has 18 heavy (non-hydrogen) atoms. The van der Waals surface area contributed by atoms with E-state index in [1.165, 1.54) is 24.3 Å². The van der Waals surface area contributed by atoms with Gasteiger partial charge in [-0.3, -0.25) is 0 Å². The second-order valence-electron chi connectivity index (χ2n) is 3.59. The summed E-state index contributed by atoms with van der Waals surface area (Å²) < 4.78 is 27.2. The molecule has 0 heterocycles. The van der Waals surface area contributed by atoms with Gasteiger partial charge in [-0.05, 0) is 24.3 Å². The molecule has 0 spiro atoms. The largest absolute Gasteiger partial charge is 0.478 e. The van der Waals surface area contributed by atoms with Crippen molar-refractivity contribution in [3.05, 3.63) is 58.6 Å². The summed E-state index contributed by atoms with van der Waals surface area (Å²) in [5, 5.41) is 9.15. The molecule has 0 aromatic heterocycles. The molecule has 0 radical (unpaired) electrons. The van der Waals surface area contributed by atoms with E-state index >= 15 is 0 Å². The Labute approximate surface area is 106 Å². The maximum Gasteiger partial charge on any atom is 0.339 e. The first-order valence-corrected chi connectivity index (χ1v) is 5.35. The summed E-state index contributed by atoms with van der Waals surface area (Å²) in [6.45, 7) is 0. The van der Waals surface area contributed by atoms with Gasteiger partial charge in [-0.15, -0.1) is 0 Å². The fourth-order valence-electron chi connectivity index (χ4n) is 1.67. The molecule has 0 atom stereocenters. The van der Waals surface area contributed by atoms with Crippen molar-refractivity contribution in [1.82, 2.24) is 0 Å². The highest BCUT2D eigenvalue weighted by atomic mass is 35.5. The van der Waals surface area contributed by atoms with E-state index < -0.39 is 23.2 Å². The van der Waals surface area contributed by atoms with E-state index in [1.54, 1.807) is 0 Å². The van der Waals surface area contributed by atoms with Crippen LogP contribution >= 0.6 is 11.6 Å². The fourth-order valence-corrected chi connectivity index (χ4v) is 1.83. The lowest BCUT2D eigenvalue weighted by Crippen LogP contribution is -2.04. The van der Waals surface area contributed by atoms with Crippen molar-refractivity contribution in [1.29, 1.82) is 0 Å². The molecular formula is C13H7ClF2O2. The maximum atomic E-state index is 13.7.